The van der Waals surface area contributed by atoms with Crippen LogP contribution in [0.5, 0.6) is 0 Å². The van der Waals surface area contributed by atoms with Crippen molar-refractivity contribution in [1.82, 2.24) is 24.9 Å². The van der Waals surface area contributed by atoms with Gasteiger partial charge in [0.2, 0.25) is 0 Å². The first-order chi connectivity index (χ1) is 14.5. The zero-order valence-electron chi connectivity index (χ0n) is 19.1. The Labute approximate surface area is 181 Å². The van der Waals surface area contributed by atoms with Crippen LogP contribution in [0.1, 0.15) is 68.2 Å². The molecule has 4 rings (SSSR count). The second-order valence-electron chi connectivity index (χ2n) is 9.73. The number of hydrogen-bond donors (Lipinski definition) is 1. The molecule has 1 atom stereocenters. The van der Waals surface area contributed by atoms with Gasteiger partial charge in [-0.2, -0.15) is 5.10 Å². The molecule has 3 aliphatic rings. The summed E-state index contributed by atoms with van der Waals surface area (Å²) in [7, 11) is 0. The highest BCUT2D eigenvalue weighted by Gasteiger charge is 2.33. The monoisotopic (exact) mass is 417 g/mol. The number of nitrogens with one attached hydrogen (secondary N) is 1. The number of amides is 1. The minimum absolute atomic E-state index is 0.102. The van der Waals surface area contributed by atoms with E-state index in [1.165, 1.54) is 11.3 Å². The number of fused-ring (bicyclic) bond motifs is 1. The van der Waals surface area contributed by atoms with Gasteiger partial charge in [-0.15, -0.1) is 0 Å². The molecular formula is C23H39N5O2. The van der Waals surface area contributed by atoms with Crippen molar-refractivity contribution in [3.8, 4) is 0 Å². The Bertz CT molecular complexity index is 732. The number of nitrogens with zero attached hydrogens (tertiary/aromatic N) is 4. The lowest BCUT2D eigenvalue weighted by molar-refractivity contribution is -0.0104. The first-order valence-corrected chi connectivity index (χ1v) is 11.9. The highest BCUT2D eigenvalue weighted by Crippen LogP contribution is 2.27. The summed E-state index contributed by atoms with van der Waals surface area (Å²) in [6, 6.07) is 0.405. The summed E-state index contributed by atoms with van der Waals surface area (Å²) in [6.45, 7) is 14.1. The molecule has 1 aromatic rings. The lowest BCUT2D eigenvalue weighted by Gasteiger charge is -2.42. The van der Waals surface area contributed by atoms with Crippen molar-refractivity contribution in [2.75, 3.05) is 45.9 Å². The zero-order valence-corrected chi connectivity index (χ0v) is 19.1. The minimum atomic E-state index is 0.102. The van der Waals surface area contributed by atoms with Crippen LogP contribution in [0.2, 0.25) is 0 Å². The Morgan fingerprint density at radius 2 is 1.93 bits per heavy atom. The van der Waals surface area contributed by atoms with E-state index in [1.54, 1.807) is 0 Å². The number of aryl methyl sites for hydroxylation is 1. The molecule has 0 radical (unpaired) electrons. The molecule has 2 fully saturated rings. The van der Waals surface area contributed by atoms with E-state index in [0.717, 1.165) is 96.7 Å². The minimum Gasteiger partial charge on any atom is -0.379 e. The van der Waals surface area contributed by atoms with Crippen molar-refractivity contribution < 1.29 is 9.53 Å². The first kappa shape index (κ1) is 21.8. The van der Waals surface area contributed by atoms with Crippen molar-refractivity contribution in [2.24, 2.45) is 0 Å². The van der Waals surface area contributed by atoms with Crippen LogP contribution in [0.25, 0.3) is 0 Å². The molecule has 0 saturated carbocycles. The van der Waals surface area contributed by atoms with Crippen LogP contribution in [-0.4, -0.2) is 83.0 Å². The molecule has 2 aliphatic heterocycles. The molecule has 1 aliphatic carbocycles. The van der Waals surface area contributed by atoms with Gasteiger partial charge in [-0.1, -0.05) is 6.92 Å². The molecule has 1 N–H and O–H groups in total. The average molecular weight is 418 g/mol. The quantitative estimate of drug-likeness (QED) is 0.736. The third-order valence-electron chi connectivity index (χ3n) is 7.07. The van der Waals surface area contributed by atoms with Gasteiger partial charge in [0.05, 0.1) is 13.2 Å². The lowest BCUT2D eigenvalue weighted by Crippen LogP contribution is -2.56. The fraction of sp³-hybridized carbons (Fsp3) is 0.826. The van der Waals surface area contributed by atoms with Crippen molar-refractivity contribution in [3.63, 3.8) is 0 Å². The maximum atomic E-state index is 13.2. The van der Waals surface area contributed by atoms with Gasteiger partial charge in [-0.05, 0) is 52.4 Å². The summed E-state index contributed by atoms with van der Waals surface area (Å²) in [4.78, 5) is 17.7. The van der Waals surface area contributed by atoms with E-state index in [-0.39, 0.29) is 11.4 Å². The van der Waals surface area contributed by atoms with Crippen LogP contribution in [0.3, 0.4) is 0 Å². The predicted molar refractivity (Wildman–Crippen MR) is 118 cm³/mol. The highest BCUT2D eigenvalue weighted by atomic mass is 16.5. The van der Waals surface area contributed by atoms with Crippen molar-refractivity contribution >= 4 is 5.91 Å². The van der Waals surface area contributed by atoms with Crippen LogP contribution >= 0.6 is 0 Å². The summed E-state index contributed by atoms with van der Waals surface area (Å²) >= 11 is 0. The normalized spacial score (nSPS) is 23.0. The van der Waals surface area contributed by atoms with Gasteiger partial charge in [0.1, 0.15) is 0 Å². The number of hydrogen-bond acceptors (Lipinski definition) is 5. The summed E-state index contributed by atoms with van der Waals surface area (Å²) in [5.41, 5.74) is 3.32. The Morgan fingerprint density at radius 1 is 1.20 bits per heavy atom. The molecule has 7 heteroatoms. The van der Waals surface area contributed by atoms with Crippen molar-refractivity contribution in [3.05, 3.63) is 17.0 Å². The van der Waals surface area contributed by atoms with E-state index < -0.39 is 0 Å². The summed E-state index contributed by atoms with van der Waals surface area (Å²) in [5.74, 6) is 0.146. The standard InChI is InChI=1S/C23H39N5O2/c1-4-9-28-20-8-7-18(24-17-23(2,3)27-12-14-30-15-13-27)16-19(20)21(25-28)22(29)26-10-5-6-11-26/h18,24H,4-17H2,1-3H3. The maximum Gasteiger partial charge on any atom is 0.274 e. The molecule has 2 saturated heterocycles. The number of carbonyl (C=O) groups is 1. The van der Waals surface area contributed by atoms with Crippen LogP contribution in [-0.2, 0) is 24.1 Å². The van der Waals surface area contributed by atoms with Crippen LogP contribution < -0.4 is 5.32 Å². The summed E-state index contributed by atoms with van der Waals surface area (Å²) in [6.07, 6.45) is 6.30. The molecule has 7 nitrogen and oxygen atoms in total. The third kappa shape index (κ3) is 4.58. The topological polar surface area (TPSA) is 62.6 Å². The van der Waals surface area contributed by atoms with E-state index in [2.05, 4.69) is 35.7 Å². The SMILES string of the molecule is CCCn1nc(C(=O)N2CCCC2)c2c1CCC(NCC(C)(C)N1CCOCC1)C2. The zero-order chi connectivity index (χ0) is 21.1. The maximum absolute atomic E-state index is 13.2. The van der Waals surface area contributed by atoms with Gasteiger partial charge >= 0.3 is 0 Å². The van der Waals surface area contributed by atoms with E-state index in [1.807, 2.05) is 4.90 Å². The van der Waals surface area contributed by atoms with Gasteiger partial charge < -0.3 is 15.0 Å². The second kappa shape index (κ2) is 9.37. The molecule has 0 bridgehead atoms. The average Bonchev–Trinajstić information content (AvgIpc) is 3.41. The highest BCUT2D eigenvalue weighted by molar-refractivity contribution is 5.94. The van der Waals surface area contributed by atoms with E-state index >= 15 is 0 Å². The Kier molecular flexibility index (Phi) is 6.80. The van der Waals surface area contributed by atoms with Crippen molar-refractivity contribution in [1.29, 1.82) is 0 Å². The van der Waals surface area contributed by atoms with Crippen LogP contribution in [0.4, 0.5) is 0 Å². The molecule has 3 heterocycles. The lowest BCUT2D eigenvalue weighted by atomic mass is 9.90. The number of rotatable bonds is 7. The third-order valence-corrected chi connectivity index (χ3v) is 7.07. The molecule has 30 heavy (non-hydrogen) atoms. The van der Waals surface area contributed by atoms with E-state index in [0.29, 0.717) is 6.04 Å². The number of aromatic nitrogens is 2. The van der Waals surface area contributed by atoms with Gasteiger partial charge in [0, 0.05) is 62.1 Å². The van der Waals surface area contributed by atoms with Gasteiger partial charge in [0.25, 0.3) is 5.91 Å². The summed E-state index contributed by atoms with van der Waals surface area (Å²) < 4.78 is 7.64. The van der Waals surface area contributed by atoms with Crippen LogP contribution in [0, 0.1) is 0 Å². The number of likely N-dealkylation sites (tertiary alicyclic amines) is 1. The largest absolute Gasteiger partial charge is 0.379 e. The molecule has 0 spiro atoms. The Balaban J connectivity index is 1.45. The van der Waals surface area contributed by atoms with Gasteiger partial charge in [-0.3, -0.25) is 14.4 Å². The fourth-order valence-electron chi connectivity index (χ4n) is 5.18. The first-order valence-electron chi connectivity index (χ1n) is 11.9. The van der Waals surface area contributed by atoms with Gasteiger partial charge in [-0.25, -0.2) is 0 Å². The van der Waals surface area contributed by atoms with E-state index in [4.69, 9.17) is 9.84 Å². The second-order valence-corrected chi connectivity index (χ2v) is 9.73. The number of morpholine rings is 1. The molecule has 1 aromatic heterocycles. The molecular weight excluding hydrogens is 378 g/mol. The number of carbonyl (C=O) groups excluding carboxylic acids is 1. The van der Waals surface area contributed by atoms with E-state index in [9.17, 15) is 4.79 Å². The smallest absolute Gasteiger partial charge is 0.274 e. The molecule has 1 unspecified atom stereocenters. The summed E-state index contributed by atoms with van der Waals surface area (Å²) in [5, 5.41) is 8.65. The Hall–Kier alpha value is -1.44. The molecule has 0 aromatic carbocycles. The predicted octanol–water partition coefficient (Wildman–Crippen LogP) is 2.09. The molecule has 168 valence electrons. The van der Waals surface area contributed by atoms with Crippen LogP contribution in [0.15, 0.2) is 0 Å². The van der Waals surface area contributed by atoms with Gasteiger partial charge in [0.15, 0.2) is 5.69 Å². The fourth-order valence-corrected chi connectivity index (χ4v) is 5.18. The Morgan fingerprint density at radius 3 is 2.63 bits per heavy atom. The molecule has 1 amide bonds. The number of ether oxygens (including phenoxy) is 1. The van der Waals surface area contributed by atoms with Crippen molar-refractivity contribution in [2.45, 2.75) is 77.4 Å².